The Kier molecular flexibility index (Phi) is 9.06. The van der Waals surface area contributed by atoms with Gasteiger partial charge >= 0.3 is 0 Å². The largest absolute Gasteiger partial charge is 0.366 e. The highest BCUT2D eigenvalue weighted by molar-refractivity contribution is 14.0. The van der Waals surface area contributed by atoms with Gasteiger partial charge in [0.15, 0.2) is 5.96 Å². The monoisotopic (exact) mass is 515 g/mol. The molecule has 0 spiro atoms. The summed E-state index contributed by atoms with van der Waals surface area (Å²) in [5.41, 5.74) is 2.75. The van der Waals surface area contributed by atoms with Crippen LogP contribution in [0, 0.1) is 18.6 Å². The molecule has 0 atom stereocenters. The van der Waals surface area contributed by atoms with Gasteiger partial charge in [-0.3, -0.25) is 9.98 Å². The van der Waals surface area contributed by atoms with Crippen LogP contribution in [-0.2, 0) is 6.42 Å². The van der Waals surface area contributed by atoms with Crippen LogP contribution in [0.4, 0.5) is 14.5 Å². The molecule has 0 amide bonds. The average molecular weight is 515 g/mol. The summed E-state index contributed by atoms with van der Waals surface area (Å²) in [7, 11) is 0. The number of halogens is 3. The van der Waals surface area contributed by atoms with Gasteiger partial charge in [0, 0.05) is 57.7 Å². The molecule has 29 heavy (non-hydrogen) atoms. The van der Waals surface area contributed by atoms with Gasteiger partial charge in [-0.15, -0.1) is 24.0 Å². The van der Waals surface area contributed by atoms with E-state index in [2.05, 4.69) is 22.1 Å². The summed E-state index contributed by atoms with van der Waals surface area (Å²) in [6, 6.07) is 5.63. The second-order valence-electron chi connectivity index (χ2n) is 6.86. The van der Waals surface area contributed by atoms with E-state index in [1.54, 1.807) is 0 Å². The topological polar surface area (TPSA) is 43.8 Å². The summed E-state index contributed by atoms with van der Waals surface area (Å²) in [6.45, 7) is 8.22. The Bertz CT molecular complexity index is 822. The fraction of sp³-hybridized carbons (Fsp3) is 0.429. The van der Waals surface area contributed by atoms with Crippen molar-refractivity contribution in [1.82, 2.24) is 15.2 Å². The third-order valence-electron chi connectivity index (χ3n) is 4.94. The number of nitrogens with zero attached hydrogens (tertiary/aromatic N) is 4. The quantitative estimate of drug-likeness (QED) is 0.376. The summed E-state index contributed by atoms with van der Waals surface area (Å²) in [4.78, 5) is 12.9. The number of aliphatic imine (C=N–C) groups is 1. The molecule has 0 aliphatic carbocycles. The number of rotatable bonds is 5. The molecule has 1 saturated heterocycles. The lowest BCUT2D eigenvalue weighted by Crippen LogP contribution is -2.52. The van der Waals surface area contributed by atoms with Crippen LogP contribution in [0.25, 0.3) is 0 Å². The lowest BCUT2D eigenvalue weighted by atomic mass is 10.1. The van der Waals surface area contributed by atoms with Crippen molar-refractivity contribution in [3.63, 3.8) is 0 Å². The van der Waals surface area contributed by atoms with Crippen LogP contribution in [0.5, 0.6) is 0 Å². The molecule has 0 bridgehead atoms. The normalized spacial score (nSPS) is 14.6. The zero-order valence-electron chi connectivity index (χ0n) is 16.9. The minimum absolute atomic E-state index is 0. The maximum absolute atomic E-state index is 14.0. The van der Waals surface area contributed by atoms with Crippen LogP contribution >= 0.6 is 24.0 Å². The first-order valence-electron chi connectivity index (χ1n) is 9.71. The van der Waals surface area contributed by atoms with Gasteiger partial charge in [-0.25, -0.2) is 8.78 Å². The first-order chi connectivity index (χ1) is 13.6. The van der Waals surface area contributed by atoms with E-state index in [-0.39, 0.29) is 29.8 Å². The predicted molar refractivity (Wildman–Crippen MR) is 124 cm³/mol. The van der Waals surface area contributed by atoms with E-state index in [1.807, 2.05) is 30.3 Å². The van der Waals surface area contributed by atoms with E-state index in [1.165, 1.54) is 23.3 Å². The van der Waals surface area contributed by atoms with Crippen molar-refractivity contribution >= 4 is 35.6 Å². The number of benzene rings is 1. The number of guanidine groups is 1. The number of anilines is 1. The summed E-state index contributed by atoms with van der Waals surface area (Å²) in [6.07, 6.45) is 4.54. The number of aromatic nitrogens is 1. The van der Waals surface area contributed by atoms with Crippen molar-refractivity contribution in [2.75, 3.05) is 44.2 Å². The Morgan fingerprint density at radius 2 is 1.93 bits per heavy atom. The molecular formula is C21H28F2IN5. The Hall–Kier alpha value is -1.97. The molecule has 1 fully saturated rings. The van der Waals surface area contributed by atoms with Crippen molar-refractivity contribution in [1.29, 1.82) is 0 Å². The number of hydrogen-bond acceptors (Lipinski definition) is 3. The molecule has 0 radical (unpaired) electrons. The second-order valence-corrected chi connectivity index (χ2v) is 6.86. The molecule has 1 aromatic carbocycles. The van der Waals surface area contributed by atoms with Crippen molar-refractivity contribution in [3.05, 3.63) is 59.4 Å². The molecule has 2 aromatic rings. The average Bonchev–Trinajstić information content (AvgIpc) is 2.71. The molecule has 0 unspecified atom stereocenters. The van der Waals surface area contributed by atoms with E-state index in [0.717, 1.165) is 25.0 Å². The molecule has 1 N–H and O–H groups in total. The van der Waals surface area contributed by atoms with E-state index >= 15 is 0 Å². The highest BCUT2D eigenvalue weighted by Gasteiger charge is 2.22. The van der Waals surface area contributed by atoms with Gasteiger partial charge < -0.3 is 15.1 Å². The Balaban J connectivity index is 0.00000300. The zero-order valence-corrected chi connectivity index (χ0v) is 19.2. The van der Waals surface area contributed by atoms with Crippen LogP contribution in [0.15, 0.2) is 41.7 Å². The highest BCUT2D eigenvalue weighted by atomic mass is 127. The van der Waals surface area contributed by atoms with Crippen LogP contribution in [0.2, 0.25) is 0 Å². The fourth-order valence-corrected chi connectivity index (χ4v) is 3.38. The number of hydrogen-bond donors (Lipinski definition) is 1. The zero-order chi connectivity index (χ0) is 19.9. The Morgan fingerprint density at radius 3 is 2.62 bits per heavy atom. The van der Waals surface area contributed by atoms with Gasteiger partial charge in [0.1, 0.15) is 11.6 Å². The Labute approximate surface area is 188 Å². The van der Waals surface area contributed by atoms with Crippen LogP contribution in [0.1, 0.15) is 18.1 Å². The SMILES string of the molecule is CCNC(=NCCc1ccncc1C)N1CCN(c2cc(F)ccc2F)CC1.I. The molecule has 1 aromatic heterocycles. The van der Waals surface area contributed by atoms with Crippen LogP contribution < -0.4 is 10.2 Å². The summed E-state index contributed by atoms with van der Waals surface area (Å²) in [5, 5.41) is 3.34. The molecule has 158 valence electrons. The molecule has 8 heteroatoms. The van der Waals surface area contributed by atoms with Gasteiger partial charge in [-0.05, 0) is 49.6 Å². The lowest BCUT2D eigenvalue weighted by Gasteiger charge is -2.37. The molecule has 1 aliphatic heterocycles. The molecule has 3 rings (SSSR count). The molecule has 2 heterocycles. The van der Waals surface area contributed by atoms with Crippen molar-refractivity contribution in [2.24, 2.45) is 4.99 Å². The van der Waals surface area contributed by atoms with Crippen molar-refractivity contribution in [2.45, 2.75) is 20.3 Å². The highest BCUT2D eigenvalue weighted by Crippen LogP contribution is 2.22. The second kappa shape index (κ2) is 11.3. The predicted octanol–water partition coefficient (Wildman–Crippen LogP) is 3.62. The fourth-order valence-electron chi connectivity index (χ4n) is 3.38. The van der Waals surface area contributed by atoms with Gasteiger partial charge in [-0.2, -0.15) is 0 Å². The summed E-state index contributed by atoms with van der Waals surface area (Å²) >= 11 is 0. The first kappa shape index (κ1) is 23.3. The maximum atomic E-state index is 14.0. The van der Waals surface area contributed by atoms with Crippen molar-refractivity contribution in [3.8, 4) is 0 Å². The number of piperazine rings is 1. The number of pyridine rings is 1. The van der Waals surface area contributed by atoms with E-state index in [9.17, 15) is 8.78 Å². The van der Waals surface area contributed by atoms with Gasteiger partial charge in [0.2, 0.25) is 0 Å². The van der Waals surface area contributed by atoms with Gasteiger partial charge in [0.25, 0.3) is 0 Å². The van der Waals surface area contributed by atoms with E-state index < -0.39 is 5.82 Å². The maximum Gasteiger partial charge on any atom is 0.194 e. The van der Waals surface area contributed by atoms with Gasteiger partial charge in [-0.1, -0.05) is 0 Å². The lowest BCUT2D eigenvalue weighted by molar-refractivity contribution is 0.370. The standard InChI is InChI=1S/C21H27F2N5.HI/c1-3-25-21(26-9-7-17-6-8-24-15-16(17)2)28-12-10-27(11-13-28)20-14-18(22)4-5-19(20)23;/h4-6,8,14-15H,3,7,9-13H2,1-2H3,(H,25,26);1H. The summed E-state index contributed by atoms with van der Waals surface area (Å²) < 4.78 is 27.5. The van der Waals surface area contributed by atoms with E-state index in [0.29, 0.717) is 38.4 Å². The van der Waals surface area contributed by atoms with Crippen LogP contribution in [-0.4, -0.2) is 55.1 Å². The molecule has 1 aliphatic rings. The third kappa shape index (κ3) is 6.25. The molecule has 0 saturated carbocycles. The minimum atomic E-state index is -0.417. The van der Waals surface area contributed by atoms with E-state index in [4.69, 9.17) is 4.99 Å². The minimum Gasteiger partial charge on any atom is -0.366 e. The number of nitrogens with one attached hydrogen (secondary N) is 1. The Morgan fingerprint density at radius 1 is 1.17 bits per heavy atom. The third-order valence-corrected chi connectivity index (χ3v) is 4.94. The number of aryl methyl sites for hydroxylation is 1. The first-order valence-corrected chi connectivity index (χ1v) is 9.71. The summed E-state index contributed by atoms with van der Waals surface area (Å²) in [5.74, 6) is 0.0665. The van der Waals surface area contributed by atoms with Crippen molar-refractivity contribution < 1.29 is 8.78 Å². The molecule has 5 nitrogen and oxygen atoms in total. The van der Waals surface area contributed by atoms with Crippen LogP contribution in [0.3, 0.4) is 0 Å². The smallest absolute Gasteiger partial charge is 0.194 e. The molecular weight excluding hydrogens is 487 g/mol. The van der Waals surface area contributed by atoms with Gasteiger partial charge in [0.05, 0.1) is 5.69 Å².